The molecular weight excluding hydrogens is 550 g/mol. The fourth-order valence-electron chi connectivity index (χ4n) is 4.78. The standard InChI is InChI=1S/C29H37N3O8S/c1-2-6-23(26-19-10-9-18(14-20(19)29(39)40-26)13-17-7-4-3-5-8-17)41-16-22(27(36)31-15-25(34)35)32-24(33)12-11-21(30)28(37)38/h3-5,7-8,14,20-23H,2,6,9-13,15-16,30H2,1H3,(H,31,36)(H,32,33)(H,34,35)(H,37,38). The minimum absolute atomic E-state index is 0.0843. The summed E-state index contributed by atoms with van der Waals surface area (Å²) in [7, 11) is 0. The number of allylic oxidation sites excluding steroid dienone is 1. The van der Waals surface area contributed by atoms with Crippen LogP contribution in [0, 0.1) is 5.92 Å². The lowest BCUT2D eigenvalue weighted by Crippen LogP contribution is -2.49. The molecular formula is C29H37N3O8S. The van der Waals surface area contributed by atoms with Crippen LogP contribution < -0.4 is 16.4 Å². The second-order valence-corrected chi connectivity index (χ2v) is 11.3. The second-order valence-electron chi connectivity index (χ2n) is 10.1. The highest BCUT2D eigenvalue weighted by Crippen LogP contribution is 2.42. The number of cyclic esters (lactones) is 1. The molecule has 1 aliphatic carbocycles. The molecule has 222 valence electrons. The van der Waals surface area contributed by atoms with Gasteiger partial charge in [0, 0.05) is 12.2 Å². The van der Waals surface area contributed by atoms with Crippen molar-refractivity contribution >= 4 is 41.5 Å². The van der Waals surface area contributed by atoms with E-state index in [4.69, 9.17) is 20.7 Å². The molecule has 0 saturated heterocycles. The van der Waals surface area contributed by atoms with Gasteiger partial charge < -0.3 is 31.3 Å². The normalized spacial score (nSPS) is 18.4. The van der Waals surface area contributed by atoms with Crippen LogP contribution in [0.2, 0.25) is 0 Å². The van der Waals surface area contributed by atoms with Gasteiger partial charge in [-0.1, -0.05) is 55.3 Å². The Hall–Kier alpha value is -3.64. The summed E-state index contributed by atoms with van der Waals surface area (Å²) in [6.07, 6.45) is 5.36. The third kappa shape index (κ3) is 9.46. The highest BCUT2D eigenvalue weighted by molar-refractivity contribution is 8.00. The molecule has 6 N–H and O–H groups in total. The Balaban J connectivity index is 1.72. The lowest BCUT2D eigenvalue weighted by molar-refractivity contribution is -0.140. The monoisotopic (exact) mass is 587 g/mol. The summed E-state index contributed by atoms with van der Waals surface area (Å²) in [5.74, 6) is -3.81. The fraction of sp³-hybridized carbons (Fsp3) is 0.483. The van der Waals surface area contributed by atoms with Crippen LogP contribution in [0.4, 0.5) is 0 Å². The molecule has 4 atom stereocenters. The molecule has 1 aromatic rings. The lowest BCUT2D eigenvalue weighted by atomic mass is 9.83. The van der Waals surface area contributed by atoms with E-state index in [1.54, 1.807) is 0 Å². The molecule has 1 aliphatic heterocycles. The van der Waals surface area contributed by atoms with Crippen molar-refractivity contribution in [3.8, 4) is 0 Å². The van der Waals surface area contributed by atoms with Crippen molar-refractivity contribution < 1.29 is 38.9 Å². The van der Waals surface area contributed by atoms with Crippen LogP contribution in [-0.4, -0.2) is 69.6 Å². The number of hydrogen-bond donors (Lipinski definition) is 5. The zero-order chi connectivity index (χ0) is 29.9. The van der Waals surface area contributed by atoms with Gasteiger partial charge >= 0.3 is 17.9 Å². The second kappa shape index (κ2) is 15.4. The molecule has 12 heteroatoms. The third-order valence-electron chi connectivity index (χ3n) is 6.92. The van der Waals surface area contributed by atoms with Gasteiger partial charge in [-0.3, -0.25) is 24.0 Å². The first-order valence-electron chi connectivity index (χ1n) is 13.7. The molecule has 0 spiro atoms. The van der Waals surface area contributed by atoms with Gasteiger partial charge in [0.15, 0.2) is 0 Å². The smallest absolute Gasteiger partial charge is 0.322 e. The predicted octanol–water partition coefficient (Wildman–Crippen LogP) is 2.16. The van der Waals surface area contributed by atoms with Gasteiger partial charge in [-0.15, -0.1) is 11.8 Å². The maximum atomic E-state index is 12.9. The van der Waals surface area contributed by atoms with Gasteiger partial charge in [0.1, 0.15) is 30.3 Å². The number of rotatable bonds is 16. The van der Waals surface area contributed by atoms with E-state index in [1.165, 1.54) is 22.9 Å². The van der Waals surface area contributed by atoms with Crippen molar-refractivity contribution in [1.82, 2.24) is 10.6 Å². The summed E-state index contributed by atoms with van der Waals surface area (Å²) >= 11 is 1.35. The van der Waals surface area contributed by atoms with E-state index >= 15 is 0 Å². The van der Waals surface area contributed by atoms with E-state index in [-0.39, 0.29) is 29.8 Å². The Bertz CT molecular complexity index is 1200. The first-order chi connectivity index (χ1) is 19.6. The van der Waals surface area contributed by atoms with E-state index in [2.05, 4.69) is 22.8 Å². The molecule has 1 heterocycles. The number of nitrogens with two attached hydrogens (primary N) is 1. The summed E-state index contributed by atoms with van der Waals surface area (Å²) in [5.41, 5.74) is 8.77. The summed E-state index contributed by atoms with van der Waals surface area (Å²) in [6, 6.07) is 7.74. The first-order valence-corrected chi connectivity index (χ1v) is 14.7. The number of fused-ring (bicyclic) bond motifs is 1. The number of carbonyl (C=O) groups excluding carboxylic acids is 3. The minimum Gasteiger partial charge on any atom is -0.480 e. The molecule has 0 saturated carbocycles. The molecule has 0 aromatic heterocycles. The van der Waals surface area contributed by atoms with Crippen molar-refractivity contribution in [2.75, 3.05) is 12.3 Å². The zero-order valence-electron chi connectivity index (χ0n) is 23.0. The number of hydrogen-bond acceptors (Lipinski definition) is 8. The molecule has 4 unspecified atom stereocenters. The summed E-state index contributed by atoms with van der Waals surface area (Å²) in [4.78, 5) is 60.1. The van der Waals surface area contributed by atoms with Gasteiger partial charge in [-0.05, 0) is 43.2 Å². The number of aliphatic carboxylic acids is 2. The van der Waals surface area contributed by atoms with Gasteiger partial charge in [-0.25, -0.2) is 0 Å². The van der Waals surface area contributed by atoms with E-state index in [0.717, 1.165) is 24.8 Å². The number of carbonyl (C=O) groups is 5. The maximum absolute atomic E-state index is 12.9. The van der Waals surface area contributed by atoms with Crippen molar-refractivity contribution in [3.05, 3.63) is 58.9 Å². The summed E-state index contributed by atoms with van der Waals surface area (Å²) < 4.78 is 5.80. The Morgan fingerprint density at radius 1 is 1.12 bits per heavy atom. The van der Waals surface area contributed by atoms with Crippen molar-refractivity contribution in [2.45, 2.75) is 69.2 Å². The lowest BCUT2D eigenvalue weighted by Gasteiger charge is -2.23. The molecule has 0 fully saturated rings. The topological polar surface area (TPSA) is 185 Å². The maximum Gasteiger partial charge on any atom is 0.322 e. The van der Waals surface area contributed by atoms with Crippen LogP contribution in [0.3, 0.4) is 0 Å². The van der Waals surface area contributed by atoms with Crippen molar-refractivity contribution in [3.63, 3.8) is 0 Å². The summed E-state index contributed by atoms with van der Waals surface area (Å²) in [5, 5.41) is 22.5. The largest absolute Gasteiger partial charge is 0.480 e. The van der Waals surface area contributed by atoms with E-state index in [9.17, 15) is 24.0 Å². The highest BCUT2D eigenvalue weighted by atomic mass is 32.2. The number of thioether (sulfide) groups is 1. The molecule has 41 heavy (non-hydrogen) atoms. The molecule has 3 rings (SSSR count). The quantitative estimate of drug-likeness (QED) is 0.142. The van der Waals surface area contributed by atoms with Crippen molar-refractivity contribution in [1.29, 1.82) is 0 Å². The number of amides is 2. The number of nitrogens with one attached hydrogen (secondary N) is 2. The predicted molar refractivity (Wildman–Crippen MR) is 153 cm³/mol. The number of esters is 1. The Morgan fingerprint density at radius 3 is 2.51 bits per heavy atom. The highest BCUT2D eigenvalue weighted by Gasteiger charge is 2.39. The number of benzene rings is 1. The SMILES string of the molecule is CCCC(SCC(NC(=O)CCC(N)C(=O)O)C(=O)NCC(=O)O)C1=C2CCC(Cc3ccccc3)=CC2C(=O)O1. The van der Waals surface area contributed by atoms with Crippen molar-refractivity contribution in [2.24, 2.45) is 11.7 Å². The van der Waals surface area contributed by atoms with Crippen LogP contribution in [0.5, 0.6) is 0 Å². The Kier molecular flexibility index (Phi) is 12.0. The van der Waals surface area contributed by atoms with Crippen LogP contribution in [0.15, 0.2) is 53.3 Å². The van der Waals surface area contributed by atoms with E-state index in [0.29, 0.717) is 18.6 Å². The minimum atomic E-state index is -1.24. The molecule has 2 amide bonds. The average molecular weight is 588 g/mol. The number of carboxylic acid groups (broad SMARTS) is 2. The van der Waals surface area contributed by atoms with Crippen LogP contribution >= 0.6 is 11.8 Å². The van der Waals surface area contributed by atoms with Crippen LogP contribution in [0.1, 0.15) is 51.0 Å². The fourth-order valence-corrected chi connectivity index (χ4v) is 6.20. The molecule has 11 nitrogen and oxygen atoms in total. The third-order valence-corrected chi connectivity index (χ3v) is 8.30. The van der Waals surface area contributed by atoms with Crippen LogP contribution in [-0.2, 0) is 35.1 Å². The van der Waals surface area contributed by atoms with Crippen LogP contribution in [0.25, 0.3) is 0 Å². The number of carboxylic acids is 2. The number of ether oxygens (including phenoxy) is 1. The molecule has 0 radical (unpaired) electrons. The zero-order valence-corrected chi connectivity index (χ0v) is 23.8. The van der Waals surface area contributed by atoms with Gasteiger partial charge in [0.25, 0.3) is 0 Å². The van der Waals surface area contributed by atoms with E-state index < -0.39 is 48.3 Å². The molecule has 0 bridgehead atoms. The van der Waals surface area contributed by atoms with Gasteiger partial charge in [-0.2, -0.15) is 0 Å². The van der Waals surface area contributed by atoms with Gasteiger partial charge in [0.05, 0.1) is 5.25 Å². The summed E-state index contributed by atoms with van der Waals surface area (Å²) in [6.45, 7) is 1.38. The average Bonchev–Trinajstić information content (AvgIpc) is 3.27. The van der Waals surface area contributed by atoms with E-state index in [1.807, 2.05) is 31.2 Å². The molecule has 1 aromatic carbocycles. The Labute approximate surface area is 243 Å². The molecule has 2 aliphatic rings. The first kappa shape index (κ1) is 31.9. The Morgan fingerprint density at radius 2 is 1.85 bits per heavy atom. The van der Waals surface area contributed by atoms with Gasteiger partial charge in [0.2, 0.25) is 11.8 Å².